The average molecular weight is 219 g/mol. The topological polar surface area (TPSA) is 12.5 Å². The van der Waals surface area contributed by atoms with Crippen LogP contribution in [0, 0.1) is 0 Å². The molecule has 1 fully saturated rings. The Balaban J connectivity index is 2.01. The van der Waals surface area contributed by atoms with Crippen molar-refractivity contribution in [2.75, 3.05) is 13.1 Å². The predicted octanol–water partition coefficient (Wildman–Crippen LogP) is 3.42. The maximum absolute atomic E-state index is 5.97. The van der Waals surface area contributed by atoms with Crippen LogP contribution in [0.2, 0.25) is 0 Å². The van der Waals surface area contributed by atoms with Gasteiger partial charge in [0, 0.05) is 13.1 Å². The molecule has 0 unspecified atom stereocenters. The fourth-order valence-electron chi connectivity index (χ4n) is 2.16. The SMILES string of the molecule is CCCc1ccccc1ON1CCCCC1. The van der Waals surface area contributed by atoms with Crippen molar-refractivity contribution in [1.29, 1.82) is 0 Å². The van der Waals surface area contributed by atoms with E-state index in [2.05, 4.69) is 36.3 Å². The molecular weight excluding hydrogens is 198 g/mol. The molecule has 1 saturated heterocycles. The van der Waals surface area contributed by atoms with Crippen molar-refractivity contribution < 1.29 is 4.84 Å². The van der Waals surface area contributed by atoms with Crippen LogP contribution in [-0.4, -0.2) is 18.2 Å². The maximum atomic E-state index is 5.97. The lowest BCUT2D eigenvalue weighted by Gasteiger charge is -2.27. The number of nitrogens with zero attached hydrogens (tertiary/aromatic N) is 1. The predicted molar refractivity (Wildman–Crippen MR) is 66.5 cm³/mol. The highest BCUT2D eigenvalue weighted by atomic mass is 16.7. The molecule has 0 radical (unpaired) electrons. The number of rotatable bonds is 4. The van der Waals surface area contributed by atoms with E-state index < -0.39 is 0 Å². The minimum absolute atomic E-state index is 1.05. The van der Waals surface area contributed by atoms with Crippen molar-refractivity contribution in [3.8, 4) is 5.75 Å². The molecule has 1 heterocycles. The van der Waals surface area contributed by atoms with E-state index >= 15 is 0 Å². The highest BCUT2D eigenvalue weighted by molar-refractivity contribution is 5.33. The van der Waals surface area contributed by atoms with E-state index in [1.807, 2.05) is 0 Å². The van der Waals surface area contributed by atoms with Crippen molar-refractivity contribution in [2.45, 2.75) is 39.0 Å². The smallest absolute Gasteiger partial charge is 0.150 e. The number of hydrogen-bond donors (Lipinski definition) is 0. The largest absolute Gasteiger partial charge is 0.406 e. The molecule has 0 aromatic heterocycles. The quantitative estimate of drug-likeness (QED) is 0.769. The zero-order valence-corrected chi connectivity index (χ0v) is 10.1. The molecule has 0 saturated carbocycles. The van der Waals surface area contributed by atoms with Crippen LogP contribution >= 0.6 is 0 Å². The lowest BCUT2D eigenvalue weighted by Crippen LogP contribution is -2.33. The van der Waals surface area contributed by atoms with Gasteiger partial charge in [-0.05, 0) is 30.9 Å². The summed E-state index contributed by atoms with van der Waals surface area (Å²) in [4.78, 5) is 5.97. The van der Waals surface area contributed by atoms with Crippen LogP contribution in [-0.2, 0) is 6.42 Å². The van der Waals surface area contributed by atoms with E-state index in [9.17, 15) is 0 Å². The van der Waals surface area contributed by atoms with Gasteiger partial charge in [-0.2, -0.15) is 0 Å². The summed E-state index contributed by atoms with van der Waals surface area (Å²) in [5.74, 6) is 1.05. The minimum atomic E-state index is 1.05. The third-order valence-electron chi connectivity index (χ3n) is 3.03. The van der Waals surface area contributed by atoms with Gasteiger partial charge >= 0.3 is 0 Å². The van der Waals surface area contributed by atoms with E-state index in [1.165, 1.54) is 31.2 Å². The van der Waals surface area contributed by atoms with Crippen LogP contribution < -0.4 is 4.84 Å². The first-order valence-electron chi connectivity index (χ1n) is 6.41. The number of piperidine rings is 1. The first kappa shape index (κ1) is 11.5. The molecule has 2 heteroatoms. The fourth-order valence-corrected chi connectivity index (χ4v) is 2.16. The first-order valence-corrected chi connectivity index (χ1v) is 6.41. The number of hydroxylamine groups is 2. The second-order valence-corrected chi connectivity index (χ2v) is 4.44. The molecule has 16 heavy (non-hydrogen) atoms. The lowest BCUT2D eigenvalue weighted by atomic mass is 10.1. The molecule has 1 aromatic rings. The Morgan fingerprint density at radius 1 is 1.12 bits per heavy atom. The summed E-state index contributed by atoms with van der Waals surface area (Å²) in [5, 5.41) is 2.11. The Bertz CT molecular complexity index is 318. The van der Waals surface area contributed by atoms with Crippen LogP contribution in [0.25, 0.3) is 0 Å². The molecule has 1 aliphatic heterocycles. The van der Waals surface area contributed by atoms with Crippen LogP contribution in [0.4, 0.5) is 0 Å². The fraction of sp³-hybridized carbons (Fsp3) is 0.571. The standard InChI is InChI=1S/C14H21NO/c1-2-8-13-9-4-5-10-14(13)16-15-11-6-3-7-12-15/h4-5,9-10H,2-3,6-8,11-12H2,1H3. The third-order valence-corrected chi connectivity index (χ3v) is 3.03. The van der Waals surface area contributed by atoms with E-state index in [-0.39, 0.29) is 0 Å². The Labute approximate surface area is 98.2 Å². The van der Waals surface area contributed by atoms with Gasteiger partial charge in [-0.3, -0.25) is 0 Å². The number of benzene rings is 1. The lowest BCUT2D eigenvalue weighted by molar-refractivity contribution is -0.0727. The zero-order chi connectivity index (χ0) is 11.2. The van der Waals surface area contributed by atoms with Gasteiger partial charge < -0.3 is 4.84 Å². The van der Waals surface area contributed by atoms with Crippen molar-refractivity contribution in [3.63, 3.8) is 0 Å². The molecular formula is C14H21NO. The Hall–Kier alpha value is -1.02. The summed E-state index contributed by atoms with van der Waals surface area (Å²) in [6.45, 7) is 4.35. The van der Waals surface area contributed by atoms with Crippen molar-refractivity contribution in [3.05, 3.63) is 29.8 Å². The average Bonchev–Trinajstić information content (AvgIpc) is 2.33. The van der Waals surface area contributed by atoms with E-state index in [0.29, 0.717) is 0 Å². The second-order valence-electron chi connectivity index (χ2n) is 4.44. The molecule has 2 nitrogen and oxygen atoms in total. The third kappa shape index (κ3) is 2.99. The minimum Gasteiger partial charge on any atom is -0.406 e. The molecule has 88 valence electrons. The Kier molecular flexibility index (Phi) is 4.23. The molecule has 0 amide bonds. The van der Waals surface area contributed by atoms with E-state index in [0.717, 1.165) is 25.3 Å². The first-order chi connectivity index (χ1) is 7.90. The molecule has 1 aromatic carbocycles. The van der Waals surface area contributed by atoms with Crippen LogP contribution in [0.5, 0.6) is 5.75 Å². The van der Waals surface area contributed by atoms with Crippen LogP contribution in [0.1, 0.15) is 38.2 Å². The van der Waals surface area contributed by atoms with Crippen molar-refractivity contribution in [1.82, 2.24) is 5.06 Å². The Morgan fingerprint density at radius 3 is 2.62 bits per heavy atom. The molecule has 0 spiro atoms. The summed E-state index contributed by atoms with van der Waals surface area (Å²) in [6, 6.07) is 8.40. The number of para-hydroxylation sites is 1. The maximum Gasteiger partial charge on any atom is 0.150 e. The van der Waals surface area contributed by atoms with Gasteiger partial charge in [0.1, 0.15) is 0 Å². The zero-order valence-electron chi connectivity index (χ0n) is 10.1. The summed E-state index contributed by atoms with van der Waals surface area (Å²) in [6.07, 6.45) is 6.13. The monoisotopic (exact) mass is 219 g/mol. The van der Waals surface area contributed by atoms with Gasteiger partial charge in [0.05, 0.1) is 0 Å². The normalized spacial score (nSPS) is 17.3. The van der Waals surface area contributed by atoms with Gasteiger partial charge in [-0.15, -0.1) is 5.06 Å². The van der Waals surface area contributed by atoms with Crippen LogP contribution in [0.3, 0.4) is 0 Å². The van der Waals surface area contributed by atoms with E-state index in [4.69, 9.17) is 4.84 Å². The molecule has 0 N–H and O–H groups in total. The van der Waals surface area contributed by atoms with Gasteiger partial charge in [-0.25, -0.2) is 0 Å². The van der Waals surface area contributed by atoms with Crippen molar-refractivity contribution in [2.24, 2.45) is 0 Å². The summed E-state index contributed by atoms with van der Waals surface area (Å²) >= 11 is 0. The molecule has 2 rings (SSSR count). The van der Waals surface area contributed by atoms with Gasteiger partial charge in [0.15, 0.2) is 5.75 Å². The Morgan fingerprint density at radius 2 is 1.88 bits per heavy atom. The van der Waals surface area contributed by atoms with Crippen LogP contribution in [0.15, 0.2) is 24.3 Å². The molecule has 0 bridgehead atoms. The number of hydrogen-bond acceptors (Lipinski definition) is 2. The molecule has 0 atom stereocenters. The molecule has 1 aliphatic rings. The van der Waals surface area contributed by atoms with E-state index in [1.54, 1.807) is 0 Å². The highest BCUT2D eigenvalue weighted by Crippen LogP contribution is 2.22. The molecule has 0 aliphatic carbocycles. The summed E-state index contributed by atoms with van der Waals surface area (Å²) < 4.78 is 0. The highest BCUT2D eigenvalue weighted by Gasteiger charge is 2.13. The van der Waals surface area contributed by atoms with Crippen molar-refractivity contribution >= 4 is 0 Å². The van der Waals surface area contributed by atoms with Gasteiger partial charge in [0.2, 0.25) is 0 Å². The summed E-state index contributed by atoms with van der Waals surface area (Å²) in [5.41, 5.74) is 1.33. The van der Waals surface area contributed by atoms with Gasteiger partial charge in [-0.1, -0.05) is 38.0 Å². The number of aryl methyl sites for hydroxylation is 1. The summed E-state index contributed by atoms with van der Waals surface area (Å²) in [7, 11) is 0. The second kappa shape index (κ2) is 5.90. The van der Waals surface area contributed by atoms with Gasteiger partial charge in [0.25, 0.3) is 0 Å².